The molecule has 0 bridgehead atoms. The average molecular weight is 517 g/mol. The molecule has 3 aromatic heterocycles. The molecule has 1 atom stereocenters. The number of amides is 1. The Labute approximate surface area is 215 Å². The van der Waals surface area contributed by atoms with E-state index in [1.807, 2.05) is 42.6 Å². The number of anilines is 2. The molecule has 3 heterocycles. The van der Waals surface area contributed by atoms with Crippen molar-refractivity contribution >= 4 is 40.0 Å². The van der Waals surface area contributed by atoms with Crippen LogP contribution in [0.2, 0.25) is 0 Å². The maximum atomic E-state index is 12.9. The van der Waals surface area contributed by atoms with E-state index in [9.17, 15) is 15.3 Å². The fraction of sp³-hybridized carbons (Fsp3) is 0.160. The fourth-order valence-electron chi connectivity index (χ4n) is 3.33. The van der Waals surface area contributed by atoms with E-state index in [0.717, 1.165) is 28.8 Å². The number of ether oxygens (including phenoxy) is 1. The van der Waals surface area contributed by atoms with Gasteiger partial charge in [0, 0.05) is 10.9 Å². The standard InChI is InChI=1S/C25H20N6O3S2/c1-3-33-16-8-6-15(7-9-16)19-13-35-25(29-19)31-23(32)14(2)36-24-18(12-27)21(20-5-4-10-34-20)17(11-26)22(28)30-24/h4-10,13-14H,3H2,1-2H3,(H2,28,30)(H,29,31,32). The molecule has 0 fully saturated rings. The Hall–Kier alpha value is -4.32. The van der Waals surface area contributed by atoms with E-state index in [-0.39, 0.29) is 33.4 Å². The third-order valence-electron chi connectivity index (χ3n) is 5.04. The molecule has 0 aliphatic rings. The van der Waals surface area contributed by atoms with Crippen LogP contribution >= 0.6 is 23.1 Å². The second-order valence-electron chi connectivity index (χ2n) is 7.37. The fourth-order valence-corrected chi connectivity index (χ4v) is 4.97. The number of nitriles is 2. The third kappa shape index (κ3) is 5.18. The number of thiazole rings is 1. The van der Waals surface area contributed by atoms with Crippen LogP contribution in [-0.4, -0.2) is 27.7 Å². The summed E-state index contributed by atoms with van der Waals surface area (Å²) < 4.78 is 10.9. The summed E-state index contributed by atoms with van der Waals surface area (Å²) in [5.41, 5.74) is 8.06. The molecule has 1 unspecified atom stereocenters. The van der Waals surface area contributed by atoms with E-state index < -0.39 is 5.25 Å². The highest BCUT2D eigenvalue weighted by Gasteiger charge is 2.25. The normalized spacial score (nSPS) is 11.3. The molecule has 4 aromatic rings. The summed E-state index contributed by atoms with van der Waals surface area (Å²) >= 11 is 2.37. The summed E-state index contributed by atoms with van der Waals surface area (Å²) in [5.74, 6) is 0.735. The highest BCUT2D eigenvalue weighted by atomic mass is 32.2. The Morgan fingerprint density at radius 2 is 1.97 bits per heavy atom. The SMILES string of the molecule is CCOc1ccc(-c2csc(NC(=O)C(C)Sc3nc(N)c(C#N)c(-c4ccco4)c3C#N)n2)cc1. The van der Waals surface area contributed by atoms with Gasteiger partial charge in [-0.3, -0.25) is 4.79 Å². The van der Waals surface area contributed by atoms with E-state index in [1.165, 1.54) is 17.6 Å². The van der Waals surface area contributed by atoms with Crippen LogP contribution in [-0.2, 0) is 4.79 Å². The van der Waals surface area contributed by atoms with E-state index in [2.05, 4.69) is 21.4 Å². The number of hydrogen-bond donors (Lipinski definition) is 2. The number of nitrogens with one attached hydrogen (secondary N) is 1. The van der Waals surface area contributed by atoms with Crippen molar-refractivity contribution in [3.63, 3.8) is 0 Å². The first-order valence-corrected chi connectivity index (χ1v) is 12.5. The number of nitrogens with zero attached hydrogens (tertiary/aromatic N) is 4. The Morgan fingerprint density at radius 3 is 2.61 bits per heavy atom. The number of hydrogen-bond acceptors (Lipinski definition) is 10. The molecule has 1 aromatic carbocycles. The Morgan fingerprint density at radius 1 is 1.22 bits per heavy atom. The second kappa shape index (κ2) is 11.0. The lowest BCUT2D eigenvalue weighted by molar-refractivity contribution is -0.115. The van der Waals surface area contributed by atoms with E-state index in [4.69, 9.17) is 14.9 Å². The van der Waals surface area contributed by atoms with Gasteiger partial charge in [-0.05, 0) is 50.2 Å². The zero-order valence-electron chi connectivity index (χ0n) is 19.3. The van der Waals surface area contributed by atoms with Crippen LogP contribution in [0.15, 0.2) is 57.5 Å². The van der Waals surface area contributed by atoms with Gasteiger partial charge in [-0.15, -0.1) is 11.3 Å². The van der Waals surface area contributed by atoms with E-state index in [0.29, 0.717) is 17.5 Å². The van der Waals surface area contributed by atoms with E-state index >= 15 is 0 Å². The van der Waals surface area contributed by atoms with Crippen molar-refractivity contribution in [2.75, 3.05) is 17.7 Å². The molecule has 36 heavy (non-hydrogen) atoms. The van der Waals surface area contributed by atoms with Gasteiger partial charge in [0.25, 0.3) is 0 Å². The lowest BCUT2D eigenvalue weighted by Gasteiger charge is -2.14. The molecule has 0 saturated heterocycles. The van der Waals surface area contributed by atoms with Crippen molar-refractivity contribution in [3.05, 3.63) is 59.2 Å². The molecule has 11 heteroatoms. The van der Waals surface area contributed by atoms with Gasteiger partial charge in [-0.1, -0.05) is 11.8 Å². The molecule has 180 valence electrons. The molecule has 9 nitrogen and oxygen atoms in total. The minimum absolute atomic E-state index is 0.0436. The predicted octanol–water partition coefficient (Wildman–Crippen LogP) is 5.31. The summed E-state index contributed by atoms with van der Waals surface area (Å²) in [7, 11) is 0. The van der Waals surface area contributed by atoms with Crippen molar-refractivity contribution in [3.8, 4) is 40.5 Å². The molecular weight excluding hydrogens is 496 g/mol. The number of carbonyl (C=O) groups excluding carboxylic acids is 1. The number of nitrogens with two attached hydrogens (primary N) is 1. The lowest BCUT2D eigenvalue weighted by Crippen LogP contribution is -2.22. The van der Waals surface area contributed by atoms with Crippen molar-refractivity contribution in [1.82, 2.24) is 9.97 Å². The van der Waals surface area contributed by atoms with Crippen molar-refractivity contribution in [1.29, 1.82) is 10.5 Å². The van der Waals surface area contributed by atoms with E-state index in [1.54, 1.807) is 19.1 Å². The van der Waals surface area contributed by atoms with Crippen molar-refractivity contribution in [2.45, 2.75) is 24.1 Å². The van der Waals surface area contributed by atoms with Crippen LogP contribution in [0.5, 0.6) is 5.75 Å². The zero-order chi connectivity index (χ0) is 25.7. The first-order valence-electron chi connectivity index (χ1n) is 10.8. The van der Waals surface area contributed by atoms with Crippen LogP contribution in [0.1, 0.15) is 25.0 Å². The number of aromatic nitrogens is 2. The summed E-state index contributed by atoms with van der Waals surface area (Å²) in [4.78, 5) is 21.6. The van der Waals surface area contributed by atoms with Gasteiger partial charge in [0.05, 0.1) is 34.9 Å². The van der Waals surface area contributed by atoms with Crippen LogP contribution in [0, 0.1) is 22.7 Å². The van der Waals surface area contributed by atoms with Gasteiger partial charge in [0.2, 0.25) is 5.91 Å². The molecule has 1 amide bonds. The van der Waals surface area contributed by atoms with Crippen molar-refractivity contribution < 1.29 is 13.9 Å². The third-order valence-corrected chi connectivity index (χ3v) is 6.88. The molecule has 0 aliphatic carbocycles. The minimum Gasteiger partial charge on any atom is -0.494 e. The van der Waals surface area contributed by atoms with Gasteiger partial charge >= 0.3 is 0 Å². The molecule has 0 saturated carbocycles. The molecule has 0 aliphatic heterocycles. The Balaban J connectivity index is 1.52. The first kappa shape index (κ1) is 24.8. The molecule has 4 rings (SSSR count). The molecule has 0 radical (unpaired) electrons. The van der Waals surface area contributed by atoms with Crippen LogP contribution in [0.25, 0.3) is 22.6 Å². The largest absolute Gasteiger partial charge is 0.494 e. The smallest absolute Gasteiger partial charge is 0.239 e. The van der Waals surface area contributed by atoms with Crippen LogP contribution < -0.4 is 15.8 Å². The average Bonchev–Trinajstić information content (AvgIpc) is 3.57. The Bertz CT molecular complexity index is 1470. The monoisotopic (exact) mass is 516 g/mol. The van der Waals surface area contributed by atoms with Gasteiger partial charge in [0.1, 0.15) is 40.1 Å². The van der Waals surface area contributed by atoms with Crippen LogP contribution in [0.4, 0.5) is 10.9 Å². The maximum Gasteiger partial charge on any atom is 0.239 e. The highest BCUT2D eigenvalue weighted by molar-refractivity contribution is 8.00. The number of carbonyl (C=O) groups is 1. The number of pyridine rings is 1. The number of benzene rings is 1. The number of rotatable bonds is 8. The maximum absolute atomic E-state index is 12.9. The van der Waals surface area contributed by atoms with Gasteiger partial charge in [0.15, 0.2) is 5.13 Å². The zero-order valence-corrected chi connectivity index (χ0v) is 20.9. The number of furan rings is 1. The first-order chi connectivity index (χ1) is 17.4. The second-order valence-corrected chi connectivity index (χ2v) is 9.56. The predicted molar refractivity (Wildman–Crippen MR) is 138 cm³/mol. The minimum atomic E-state index is -0.640. The van der Waals surface area contributed by atoms with Crippen LogP contribution in [0.3, 0.4) is 0 Å². The molecular formula is C25H20N6O3S2. The van der Waals surface area contributed by atoms with Gasteiger partial charge in [-0.25, -0.2) is 9.97 Å². The summed E-state index contributed by atoms with van der Waals surface area (Å²) in [5, 5.41) is 24.1. The quantitative estimate of drug-likeness (QED) is 0.297. The summed E-state index contributed by atoms with van der Waals surface area (Å²) in [6.07, 6.45) is 1.44. The van der Waals surface area contributed by atoms with Gasteiger partial charge in [-0.2, -0.15) is 10.5 Å². The lowest BCUT2D eigenvalue weighted by atomic mass is 10.0. The Kier molecular flexibility index (Phi) is 7.54. The topological polar surface area (TPSA) is 151 Å². The number of nitrogen functional groups attached to an aromatic ring is 1. The molecule has 0 spiro atoms. The summed E-state index contributed by atoms with van der Waals surface area (Å²) in [6.45, 7) is 4.20. The number of thioether (sulfide) groups is 1. The highest BCUT2D eigenvalue weighted by Crippen LogP contribution is 2.37. The molecule has 3 N–H and O–H groups in total. The van der Waals surface area contributed by atoms with Gasteiger partial charge < -0.3 is 20.2 Å². The summed E-state index contributed by atoms with van der Waals surface area (Å²) in [6, 6.07) is 14.9. The van der Waals surface area contributed by atoms with Crippen molar-refractivity contribution in [2.24, 2.45) is 0 Å².